The minimum Gasteiger partial charge on any atom is -0.481 e. The molecule has 0 bridgehead atoms. The van der Waals surface area contributed by atoms with Gasteiger partial charge in [0.05, 0.1) is 0 Å². The third-order valence-electron chi connectivity index (χ3n) is 1.55. The molecule has 0 aliphatic rings. The van der Waals surface area contributed by atoms with Crippen LogP contribution in [0.4, 0.5) is 0 Å². The van der Waals surface area contributed by atoms with E-state index in [1.165, 1.54) is 0 Å². The molecule has 0 aliphatic carbocycles. The highest BCUT2D eigenvalue weighted by atomic mass is 27.0. The number of rotatable bonds is 7. The number of carbonyl (C=O) groups is 1. The van der Waals surface area contributed by atoms with Gasteiger partial charge in [-0.05, 0) is 12.8 Å². The average Bonchev–Trinajstić information content (AvgIpc) is 1.96. The molecule has 0 atom stereocenters. The molecule has 0 aromatic heterocycles. The number of aliphatic carboxylic acids is 1. The highest BCUT2D eigenvalue weighted by Gasteiger charge is 1.95. The second-order valence-electron chi connectivity index (χ2n) is 2.64. The van der Waals surface area contributed by atoms with Crippen LogP contribution < -0.4 is 0 Å². The highest BCUT2D eigenvalue weighted by Crippen LogP contribution is 2.04. The summed E-state index contributed by atoms with van der Waals surface area (Å²) in [5, 5.41) is 16.7. The van der Waals surface area contributed by atoms with Crippen LogP contribution in [0.5, 0.6) is 0 Å². The van der Waals surface area contributed by atoms with E-state index in [0.717, 1.165) is 32.1 Å². The van der Waals surface area contributed by atoms with Crippen LogP contribution in [0.1, 0.15) is 38.5 Å². The largest absolute Gasteiger partial charge is 0.481 e. The standard InChI is InChI=1S/C8H16O3.Al.3H/c9-7-5-3-1-2-4-6-8(10)11;;;;/h9H,1-7H2,(H,10,11);;;;. The van der Waals surface area contributed by atoms with Gasteiger partial charge in [-0.25, -0.2) is 0 Å². The Morgan fingerprint density at radius 2 is 1.50 bits per heavy atom. The molecule has 0 heterocycles. The lowest BCUT2D eigenvalue weighted by molar-refractivity contribution is -0.137. The Labute approximate surface area is 83.9 Å². The monoisotopic (exact) mass is 190 g/mol. The van der Waals surface area contributed by atoms with Gasteiger partial charge in [0.15, 0.2) is 17.4 Å². The van der Waals surface area contributed by atoms with Gasteiger partial charge in [-0.1, -0.05) is 19.3 Å². The van der Waals surface area contributed by atoms with E-state index >= 15 is 0 Å². The average molecular weight is 190 g/mol. The van der Waals surface area contributed by atoms with Gasteiger partial charge in [-0.2, -0.15) is 0 Å². The van der Waals surface area contributed by atoms with Crippen LogP contribution in [0, 0.1) is 0 Å². The summed E-state index contributed by atoms with van der Waals surface area (Å²) in [5.74, 6) is -0.716. The van der Waals surface area contributed by atoms with Gasteiger partial charge >= 0.3 is 5.97 Å². The molecule has 2 N–H and O–H groups in total. The SMILES string of the molecule is O=C(O)CCCCCCCO.[AlH3]. The van der Waals surface area contributed by atoms with Gasteiger partial charge in [-0.3, -0.25) is 4.79 Å². The zero-order valence-corrected chi connectivity index (χ0v) is 6.75. The molecular formula is C8H19AlO3. The fourth-order valence-corrected chi connectivity index (χ4v) is 0.918. The number of carboxylic acids is 1. The molecule has 0 aromatic rings. The minimum atomic E-state index is -0.716. The number of aliphatic hydroxyl groups is 1. The summed E-state index contributed by atoms with van der Waals surface area (Å²) in [7, 11) is 0. The molecule has 4 heteroatoms. The van der Waals surface area contributed by atoms with Gasteiger partial charge < -0.3 is 10.2 Å². The predicted molar refractivity (Wildman–Crippen MR) is 52.4 cm³/mol. The van der Waals surface area contributed by atoms with E-state index < -0.39 is 5.97 Å². The fraction of sp³-hybridized carbons (Fsp3) is 0.875. The Kier molecular flexibility index (Phi) is 13.2. The summed E-state index contributed by atoms with van der Waals surface area (Å²) in [6, 6.07) is 0. The summed E-state index contributed by atoms with van der Waals surface area (Å²) in [4.78, 5) is 10.0. The lowest BCUT2D eigenvalue weighted by Crippen LogP contribution is -1.93. The third-order valence-corrected chi connectivity index (χ3v) is 1.55. The van der Waals surface area contributed by atoms with Gasteiger partial charge in [0.25, 0.3) is 0 Å². The van der Waals surface area contributed by atoms with Crippen molar-refractivity contribution in [2.75, 3.05) is 6.61 Å². The van der Waals surface area contributed by atoms with Gasteiger partial charge in [-0.15, -0.1) is 0 Å². The van der Waals surface area contributed by atoms with E-state index in [1.807, 2.05) is 0 Å². The zero-order valence-electron chi connectivity index (χ0n) is 6.75. The van der Waals surface area contributed by atoms with Crippen molar-refractivity contribution in [2.45, 2.75) is 38.5 Å². The van der Waals surface area contributed by atoms with Crippen LogP contribution in [0.25, 0.3) is 0 Å². The van der Waals surface area contributed by atoms with Crippen molar-refractivity contribution in [3.8, 4) is 0 Å². The quantitative estimate of drug-likeness (QED) is 0.446. The topological polar surface area (TPSA) is 57.5 Å². The van der Waals surface area contributed by atoms with Crippen LogP contribution in [-0.4, -0.2) is 40.2 Å². The Bertz CT molecular complexity index is 106. The maximum atomic E-state index is 10.0. The number of unbranched alkanes of at least 4 members (excludes halogenated alkanes) is 4. The van der Waals surface area contributed by atoms with Crippen LogP contribution >= 0.6 is 0 Å². The first-order chi connectivity index (χ1) is 5.27. The fourth-order valence-electron chi connectivity index (χ4n) is 0.918. The zero-order chi connectivity index (χ0) is 8.53. The lowest BCUT2D eigenvalue weighted by atomic mass is 10.1. The molecule has 0 saturated heterocycles. The molecule has 0 aromatic carbocycles. The molecule has 0 aliphatic heterocycles. The van der Waals surface area contributed by atoms with Crippen molar-refractivity contribution in [1.82, 2.24) is 0 Å². The van der Waals surface area contributed by atoms with Crippen molar-refractivity contribution in [3.05, 3.63) is 0 Å². The van der Waals surface area contributed by atoms with Gasteiger partial charge in [0.2, 0.25) is 0 Å². The summed E-state index contributed by atoms with van der Waals surface area (Å²) in [5.41, 5.74) is 0. The number of hydrogen-bond acceptors (Lipinski definition) is 2. The maximum Gasteiger partial charge on any atom is 0.303 e. The van der Waals surface area contributed by atoms with E-state index in [9.17, 15) is 4.79 Å². The molecular weight excluding hydrogens is 171 g/mol. The van der Waals surface area contributed by atoms with E-state index in [2.05, 4.69) is 0 Å². The minimum absolute atomic E-state index is 0. The number of carboxylic acid groups (broad SMARTS) is 1. The van der Waals surface area contributed by atoms with Gasteiger partial charge in [0.1, 0.15) is 0 Å². The van der Waals surface area contributed by atoms with Crippen LogP contribution in [0.2, 0.25) is 0 Å². The second-order valence-corrected chi connectivity index (χ2v) is 2.64. The van der Waals surface area contributed by atoms with E-state index in [0.29, 0.717) is 0 Å². The lowest BCUT2D eigenvalue weighted by Gasteiger charge is -1.96. The first kappa shape index (κ1) is 14.5. The third kappa shape index (κ3) is 12.6. The van der Waals surface area contributed by atoms with E-state index in [-0.39, 0.29) is 30.4 Å². The van der Waals surface area contributed by atoms with Gasteiger partial charge in [0, 0.05) is 13.0 Å². The molecule has 0 saturated carbocycles. The van der Waals surface area contributed by atoms with Crippen molar-refractivity contribution in [3.63, 3.8) is 0 Å². The molecule has 0 rings (SSSR count). The first-order valence-corrected chi connectivity index (χ1v) is 4.10. The van der Waals surface area contributed by atoms with Crippen LogP contribution in [0.3, 0.4) is 0 Å². The van der Waals surface area contributed by atoms with Crippen molar-refractivity contribution in [2.24, 2.45) is 0 Å². The van der Waals surface area contributed by atoms with Crippen molar-refractivity contribution >= 4 is 23.3 Å². The molecule has 72 valence electrons. The van der Waals surface area contributed by atoms with Crippen molar-refractivity contribution < 1.29 is 15.0 Å². The highest BCUT2D eigenvalue weighted by molar-refractivity contribution is 5.75. The second kappa shape index (κ2) is 11.0. The molecule has 0 unspecified atom stereocenters. The summed E-state index contributed by atoms with van der Waals surface area (Å²) in [6.45, 7) is 0.249. The summed E-state index contributed by atoms with van der Waals surface area (Å²) >= 11 is 0. The predicted octanol–water partition coefficient (Wildman–Crippen LogP) is 0.220. The molecule has 12 heavy (non-hydrogen) atoms. The first-order valence-electron chi connectivity index (χ1n) is 4.10. The van der Waals surface area contributed by atoms with E-state index in [4.69, 9.17) is 10.2 Å². The maximum absolute atomic E-state index is 10.0. The molecule has 0 amide bonds. The number of hydrogen-bond donors (Lipinski definition) is 2. The number of aliphatic hydroxyl groups excluding tert-OH is 1. The Morgan fingerprint density at radius 1 is 1.00 bits per heavy atom. The normalized spacial score (nSPS) is 9.08. The molecule has 3 nitrogen and oxygen atoms in total. The van der Waals surface area contributed by atoms with Crippen LogP contribution in [-0.2, 0) is 4.79 Å². The summed E-state index contributed by atoms with van der Waals surface area (Å²) in [6.07, 6.45) is 4.89. The van der Waals surface area contributed by atoms with Crippen molar-refractivity contribution in [1.29, 1.82) is 0 Å². The Hall–Kier alpha value is -0.0375. The smallest absolute Gasteiger partial charge is 0.303 e. The Balaban J connectivity index is 0. The van der Waals surface area contributed by atoms with Crippen LogP contribution in [0.15, 0.2) is 0 Å². The summed E-state index contributed by atoms with van der Waals surface area (Å²) < 4.78 is 0. The van der Waals surface area contributed by atoms with E-state index in [1.54, 1.807) is 0 Å². The molecule has 0 radical (unpaired) electrons. The molecule has 0 spiro atoms. The Morgan fingerprint density at radius 3 is 2.00 bits per heavy atom. The molecule has 0 fully saturated rings.